The van der Waals surface area contributed by atoms with Gasteiger partial charge in [-0.15, -0.1) is 4.40 Å². The van der Waals surface area contributed by atoms with Crippen LogP contribution in [0.1, 0.15) is 27.8 Å². The summed E-state index contributed by atoms with van der Waals surface area (Å²) in [5.41, 5.74) is 16.1. The average Bonchev–Trinajstić information content (AvgIpc) is 2.90. The van der Waals surface area contributed by atoms with Crippen molar-refractivity contribution in [3.63, 3.8) is 0 Å². The van der Waals surface area contributed by atoms with Crippen LogP contribution in [0.4, 0.5) is 0 Å². The number of sulfonamides is 1. The van der Waals surface area contributed by atoms with E-state index in [9.17, 15) is 13.2 Å². The van der Waals surface area contributed by atoms with E-state index >= 15 is 0 Å². The number of aryl methyl sites for hydroxylation is 1. The third kappa shape index (κ3) is 5.13. The lowest BCUT2D eigenvalue weighted by Crippen LogP contribution is -2.24. The van der Waals surface area contributed by atoms with Crippen molar-refractivity contribution in [1.82, 2.24) is 4.90 Å². The number of likely N-dealkylation sites (N-methyl/N-ethyl adjacent to an activating group) is 1. The van der Waals surface area contributed by atoms with Crippen LogP contribution in [0.5, 0.6) is 0 Å². The van der Waals surface area contributed by atoms with Crippen molar-refractivity contribution in [2.45, 2.75) is 37.1 Å². The van der Waals surface area contributed by atoms with Gasteiger partial charge in [0.05, 0.1) is 10.9 Å². The van der Waals surface area contributed by atoms with E-state index in [0.29, 0.717) is 18.3 Å². The van der Waals surface area contributed by atoms with Gasteiger partial charge in [-0.3, -0.25) is 0 Å². The van der Waals surface area contributed by atoms with E-state index in [4.69, 9.17) is 11.5 Å². The summed E-state index contributed by atoms with van der Waals surface area (Å²) in [5.74, 6) is -0.0799. The summed E-state index contributed by atoms with van der Waals surface area (Å²) in [6.07, 6.45) is 2.71. The van der Waals surface area contributed by atoms with Gasteiger partial charge in [-0.2, -0.15) is 8.42 Å². The Morgan fingerprint density at radius 1 is 1.17 bits per heavy atom. The van der Waals surface area contributed by atoms with Crippen molar-refractivity contribution >= 4 is 22.1 Å². The molecule has 0 saturated heterocycles. The zero-order valence-electron chi connectivity index (χ0n) is 17.3. The van der Waals surface area contributed by atoms with Crippen LogP contribution in [-0.4, -0.2) is 51.6 Å². The maximum absolute atomic E-state index is 12.9. The van der Waals surface area contributed by atoms with Gasteiger partial charge in [0.25, 0.3) is 10.0 Å². The van der Waals surface area contributed by atoms with Crippen LogP contribution in [0.3, 0.4) is 0 Å². The molecule has 0 aromatic heterocycles. The Morgan fingerprint density at radius 3 is 2.57 bits per heavy atom. The Bertz CT molecular complexity index is 1080. The number of carbonyl (C=O) groups excluding carboxylic acids is 1. The quantitative estimate of drug-likeness (QED) is 0.405. The standard InChI is InChI=1S/C22H28N4O3S/c1-15-3-4-16(11-19(23)14-27)12-21(15)22(24)25-30(28,29)20-6-5-17-7-9-26(2)10-8-18(17)13-20/h3-6,12-14,19H,7-11,23H2,1-2H3,(H2,24,25)/t19-/m0/s1. The highest BCUT2D eigenvalue weighted by atomic mass is 32.2. The molecule has 0 unspecified atom stereocenters. The summed E-state index contributed by atoms with van der Waals surface area (Å²) in [4.78, 5) is 13.2. The lowest BCUT2D eigenvalue weighted by Gasteiger charge is -2.11. The Balaban J connectivity index is 1.92. The molecule has 0 radical (unpaired) electrons. The van der Waals surface area contributed by atoms with Gasteiger partial charge in [0.1, 0.15) is 12.1 Å². The fraction of sp³-hybridized carbons (Fsp3) is 0.364. The first-order chi connectivity index (χ1) is 14.2. The first kappa shape index (κ1) is 22.1. The molecule has 2 aromatic carbocycles. The van der Waals surface area contributed by atoms with Crippen molar-refractivity contribution in [3.8, 4) is 0 Å². The van der Waals surface area contributed by atoms with Gasteiger partial charge in [-0.05, 0) is 73.7 Å². The van der Waals surface area contributed by atoms with Gasteiger partial charge in [-0.1, -0.05) is 18.2 Å². The smallest absolute Gasteiger partial charge is 0.284 e. The first-order valence-corrected chi connectivity index (χ1v) is 11.3. The highest BCUT2D eigenvalue weighted by Gasteiger charge is 2.19. The zero-order valence-corrected chi connectivity index (χ0v) is 18.2. The molecule has 1 heterocycles. The largest absolute Gasteiger partial charge is 0.383 e. The Hall–Kier alpha value is -2.55. The molecule has 160 valence electrons. The first-order valence-electron chi connectivity index (χ1n) is 9.91. The molecule has 0 fully saturated rings. The Morgan fingerprint density at radius 2 is 1.87 bits per heavy atom. The van der Waals surface area contributed by atoms with Crippen molar-refractivity contribution in [2.75, 3.05) is 20.1 Å². The second-order valence-corrected chi connectivity index (χ2v) is 9.44. The number of nitrogens with zero attached hydrogens (tertiary/aromatic N) is 2. The normalized spacial score (nSPS) is 16.6. The third-order valence-corrected chi connectivity index (χ3v) is 6.73. The number of aldehydes is 1. The second kappa shape index (κ2) is 9.07. The van der Waals surface area contributed by atoms with Crippen molar-refractivity contribution < 1.29 is 13.2 Å². The number of amidine groups is 1. The van der Waals surface area contributed by atoms with Gasteiger partial charge >= 0.3 is 0 Å². The van der Waals surface area contributed by atoms with Crippen LogP contribution >= 0.6 is 0 Å². The molecule has 4 N–H and O–H groups in total. The summed E-state index contributed by atoms with van der Waals surface area (Å²) < 4.78 is 29.7. The van der Waals surface area contributed by atoms with Gasteiger partial charge in [0, 0.05) is 18.7 Å². The van der Waals surface area contributed by atoms with E-state index in [2.05, 4.69) is 16.3 Å². The third-order valence-electron chi connectivity index (χ3n) is 5.44. The summed E-state index contributed by atoms with van der Waals surface area (Å²) in [6, 6.07) is 9.96. The predicted octanol–water partition coefficient (Wildman–Crippen LogP) is 1.19. The number of benzene rings is 2. The van der Waals surface area contributed by atoms with Crippen LogP contribution < -0.4 is 11.5 Å². The van der Waals surface area contributed by atoms with Crippen LogP contribution in [0.15, 0.2) is 45.7 Å². The molecule has 0 aliphatic carbocycles. The molecule has 0 bridgehead atoms. The minimum atomic E-state index is -3.96. The minimum absolute atomic E-state index is 0.0799. The topological polar surface area (TPSA) is 119 Å². The number of carbonyl (C=O) groups is 1. The SMILES string of the molecule is Cc1ccc(C[C@H](N)C=O)cc1C(N)=NS(=O)(=O)c1ccc2c(c1)CCN(C)CC2. The van der Waals surface area contributed by atoms with E-state index in [1.54, 1.807) is 18.2 Å². The monoisotopic (exact) mass is 428 g/mol. The lowest BCUT2D eigenvalue weighted by molar-refractivity contribution is -0.108. The van der Waals surface area contributed by atoms with Gasteiger partial charge < -0.3 is 21.2 Å². The van der Waals surface area contributed by atoms with E-state index in [-0.39, 0.29) is 10.7 Å². The van der Waals surface area contributed by atoms with Crippen molar-refractivity contribution in [2.24, 2.45) is 15.9 Å². The van der Waals surface area contributed by atoms with E-state index in [0.717, 1.165) is 42.6 Å². The molecule has 30 heavy (non-hydrogen) atoms. The molecule has 2 aromatic rings. The average molecular weight is 429 g/mol. The summed E-state index contributed by atoms with van der Waals surface area (Å²) in [6.45, 7) is 3.66. The molecule has 1 aliphatic heterocycles. The molecule has 1 atom stereocenters. The molecule has 3 rings (SSSR count). The van der Waals surface area contributed by atoms with Crippen LogP contribution in [0.25, 0.3) is 0 Å². The fourth-order valence-corrected chi connectivity index (χ4v) is 4.59. The fourth-order valence-electron chi connectivity index (χ4n) is 3.60. The highest BCUT2D eigenvalue weighted by molar-refractivity contribution is 7.90. The second-order valence-electron chi connectivity index (χ2n) is 7.84. The number of hydrogen-bond acceptors (Lipinski definition) is 5. The summed E-state index contributed by atoms with van der Waals surface area (Å²) in [7, 11) is -1.89. The molecule has 8 heteroatoms. The van der Waals surface area contributed by atoms with E-state index in [1.807, 2.05) is 25.1 Å². The molecule has 7 nitrogen and oxygen atoms in total. The Kier molecular flexibility index (Phi) is 6.70. The maximum Gasteiger partial charge on any atom is 0.284 e. The van der Waals surface area contributed by atoms with Crippen LogP contribution in [0.2, 0.25) is 0 Å². The number of fused-ring (bicyclic) bond motifs is 1. The molecule has 1 aliphatic rings. The minimum Gasteiger partial charge on any atom is -0.383 e. The summed E-state index contributed by atoms with van der Waals surface area (Å²) >= 11 is 0. The van der Waals surface area contributed by atoms with Crippen molar-refractivity contribution in [3.05, 3.63) is 64.2 Å². The lowest BCUT2D eigenvalue weighted by atomic mass is 10.0. The maximum atomic E-state index is 12.9. The van der Waals surface area contributed by atoms with Gasteiger partial charge in [0.2, 0.25) is 0 Å². The Labute approximate surface area is 177 Å². The van der Waals surface area contributed by atoms with Crippen LogP contribution in [0, 0.1) is 6.92 Å². The van der Waals surface area contributed by atoms with Crippen molar-refractivity contribution in [1.29, 1.82) is 0 Å². The number of nitrogens with two attached hydrogens (primary N) is 2. The number of rotatable bonds is 6. The van der Waals surface area contributed by atoms with E-state index in [1.165, 1.54) is 5.56 Å². The highest BCUT2D eigenvalue weighted by Crippen LogP contribution is 2.22. The molecule has 0 spiro atoms. The van der Waals surface area contributed by atoms with Gasteiger partial charge in [0.15, 0.2) is 0 Å². The summed E-state index contributed by atoms with van der Waals surface area (Å²) in [5, 5.41) is 0. The predicted molar refractivity (Wildman–Crippen MR) is 118 cm³/mol. The van der Waals surface area contributed by atoms with Gasteiger partial charge in [-0.25, -0.2) is 0 Å². The molecule has 0 amide bonds. The zero-order chi connectivity index (χ0) is 21.9. The molecule has 0 saturated carbocycles. The van der Waals surface area contributed by atoms with Crippen LogP contribution in [-0.2, 0) is 34.1 Å². The van der Waals surface area contributed by atoms with E-state index < -0.39 is 16.1 Å². The molecular weight excluding hydrogens is 400 g/mol. The number of hydrogen-bond donors (Lipinski definition) is 2. The molecular formula is C22H28N4O3S.